The Morgan fingerprint density at radius 1 is 1.20 bits per heavy atom. The molecule has 1 aromatic heterocycles. The zero-order chi connectivity index (χ0) is 21.1. The molecule has 1 saturated heterocycles. The first kappa shape index (κ1) is 20.0. The number of morpholine rings is 1. The van der Waals surface area contributed by atoms with Crippen molar-refractivity contribution in [1.82, 2.24) is 14.9 Å². The molecule has 5 aliphatic rings. The number of amides is 1. The third kappa shape index (κ3) is 3.53. The number of alkyl halides is 3. The smallest absolute Gasteiger partial charge is 0.390 e. The summed E-state index contributed by atoms with van der Waals surface area (Å²) in [6.45, 7) is 1.06. The van der Waals surface area contributed by atoms with Gasteiger partial charge in [-0.1, -0.05) is 0 Å². The standard InChI is InChI=1S/C20H25F3N4O3/c21-20(22,23)15-14(16(28)27-1-3-30-4-2-27)10-24-17(25-15)26-18-6-12-5-13(7-18)9-19(29,8-12)11-18/h10,12-13,29H,1-9,11H2,(H,24,25,26). The lowest BCUT2D eigenvalue weighted by molar-refractivity contribution is -0.141. The van der Waals surface area contributed by atoms with Gasteiger partial charge in [0.05, 0.1) is 24.4 Å². The summed E-state index contributed by atoms with van der Waals surface area (Å²) in [5.41, 5.74) is -3.01. The highest BCUT2D eigenvalue weighted by atomic mass is 19.4. The molecule has 6 rings (SSSR count). The number of aliphatic hydroxyl groups is 1. The molecule has 0 aromatic carbocycles. The summed E-state index contributed by atoms with van der Waals surface area (Å²) in [7, 11) is 0. The maximum Gasteiger partial charge on any atom is 0.434 e. The number of ether oxygens (including phenoxy) is 1. The molecule has 1 amide bonds. The van der Waals surface area contributed by atoms with E-state index >= 15 is 0 Å². The second kappa shape index (κ2) is 6.78. The minimum absolute atomic E-state index is 0.133. The Hall–Kier alpha value is -1.94. The molecule has 2 N–H and O–H groups in total. The van der Waals surface area contributed by atoms with Gasteiger partial charge in [0, 0.05) is 24.8 Å². The fraction of sp³-hybridized carbons (Fsp3) is 0.750. The highest BCUT2D eigenvalue weighted by Crippen LogP contribution is 2.58. The van der Waals surface area contributed by atoms with Gasteiger partial charge in [0.25, 0.3) is 5.91 Å². The van der Waals surface area contributed by atoms with Crippen LogP contribution in [0.2, 0.25) is 0 Å². The minimum Gasteiger partial charge on any atom is -0.390 e. The number of carbonyl (C=O) groups excluding carboxylic acids is 1. The van der Waals surface area contributed by atoms with E-state index in [1.54, 1.807) is 0 Å². The predicted octanol–water partition coefficient (Wildman–Crippen LogP) is 2.46. The molecule has 164 valence electrons. The van der Waals surface area contributed by atoms with Crippen LogP contribution in [0.3, 0.4) is 0 Å². The van der Waals surface area contributed by atoms with Crippen molar-refractivity contribution in [2.75, 3.05) is 31.6 Å². The summed E-state index contributed by atoms with van der Waals surface area (Å²) < 4.78 is 46.5. The van der Waals surface area contributed by atoms with Crippen LogP contribution >= 0.6 is 0 Å². The molecule has 4 saturated carbocycles. The van der Waals surface area contributed by atoms with Crippen LogP contribution in [-0.4, -0.2) is 63.3 Å². The number of hydrogen-bond acceptors (Lipinski definition) is 6. The molecular weight excluding hydrogens is 401 g/mol. The van der Waals surface area contributed by atoms with Gasteiger partial charge in [-0.15, -0.1) is 0 Å². The first-order chi connectivity index (χ1) is 14.1. The van der Waals surface area contributed by atoms with E-state index in [0.29, 0.717) is 31.5 Å². The summed E-state index contributed by atoms with van der Waals surface area (Å²) in [6.07, 6.45) is 0.861. The SMILES string of the molecule is O=C(c1cnc(NC23CC4CC(CC(O)(C4)C2)C3)nc1C(F)(F)F)N1CCOCC1. The van der Waals surface area contributed by atoms with Gasteiger partial charge in [0.2, 0.25) is 5.95 Å². The number of anilines is 1. The summed E-state index contributed by atoms with van der Waals surface area (Å²) >= 11 is 0. The third-order valence-electron chi connectivity index (χ3n) is 6.99. The Kier molecular flexibility index (Phi) is 4.52. The highest BCUT2D eigenvalue weighted by molar-refractivity contribution is 5.95. The van der Waals surface area contributed by atoms with Gasteiger partial charge in [-0.05, 0) is 50.4 Å². The number of aromatic nitrogens is 2. The molecular formula is C20H25F3N4O3. The average molecular weight is 426 g/mol. The molecule has 0 spiro atoms. The molecule has 4 bridgehead atoms. The van der Waals surface area contributed by atoms with Crippen molar-refractivity contribution in [1.29, 1.82) is 0 Å². The zero-order valence-corrected chi connectivity index (χ0v) is 16.5. The van der Waals surface area contributed by atoms with Crippen LogP contribution in [-0.2, 0) is 10.9 Å². The van der Waals surface area contributed by atoms with E-state index in [1.165, 1.54) is 4.90 Å². The van der Waals surface area contributed by atoms with Crippen molar-refractivity contribution in [2.24, 2.45) is 11.8 Å². The van der Waals surface area contributed by atoms with Crippen LogP contribution in [0, 0.1) is 11.8 Å². The minimum atomic E-state index is -4.78. The predicted molar refractivity (Wildman–Crippen MR) is 99.7 cm³/mol. The third-order valence-corrected chi connectivity index (χ3v) is 6.99. The average Bonchev–Trinajstić information content (AvgIpc) is 2.65. The second-order valence-corrected chi connectivity index (χ2v) is 9.45. The number of nitrogens with one attached hydrogen (secondary N) is 1. The van der Waals surface area contributed by atoms with Gasteiger partial charge >= 0.3 is 6.18 Å². The number of halogens is 3. The molecule has 2 atom stereocenters. The molecule has 10 heteroatoms. The fourth-order valence-electron chi connectivity index (χ4n) is 6.35. The maximum atomic E-state index is 13.8. The van der Waals surface area contributed by atoms with Crippen LogP contribution in [0.25, 0.3) is 0 Å². The summed E-state index contributed by atoms with van der Waals surface area (Å²) in [5, 5.41) is 14.0. The number of carbonyl (C=O) groups is 1. The van der Waals surface area contributed by atoms with Gasteiger partial charge in [0.15, 0.2) is 5.69 Å². The summed E-state index contributed by atoms with van der Waals surface area (Å²) in [5.74, 6) is -0.131. The van der Waals surface area contributed by atoms with Gasteiger partial charge in [0.1, 0.15) is 0 Å². The van der Waals surface area contributed by atoms with Crippen molar-refractivity contribution < 1.29 is 27.8 Å². The normalized spacial score (nSPS) is 35.5. The van der Waals surface area contributed by atoms with Gasteiger partial charge < -0.3 is 20.1 Å². The monoisotopic (exact) mass is 426 g/mol. The topological polar surface area (TPSA) is 87.6 Å². The number of nitrogens with zero attached hydrogens (tertiary/aromatic N) is 3. The van der Waals surface area contributed by atoms with E-state index < -0.39 is 34.5 Å². The van der Waals surface area contributed by atoms with Crippen LogP contribution in [0.15, 0.2) is 6.20 Å². The molecule has 0 radical (unpaired) electrons. The summed E-state index contributed by atoms with van der Waals surface area (Å²) in [6, 6.07) is 0. The molecule has 5 fully saturated rings. The van der Waals surface area contributed by atoms with E-state index in [9.17, 15) is 23.1 Å². The lowest BCUT2D eigenvalue weighted by Gasteiger charge is -2.60. The fourth-order valence-corrected chi connectivity index (χ4v) is 6.35. The van der Waals surface area contributed by atoms with E-state index in [1.807, 2.05) is 0 Å². The number of hydrogen-bond donors (Lipinski definition) is 2. The molecule has 4 aliphatic carbocycles. The van der Waals surface area contributed by atoms with Crippen LogP contribution in [0.4, 0.5) is 19.1 Å². The molecule has 2 heterocycles. The summed E-state index contributed by atoms with van der Waals surface area (Å²) in [4.78, 5) is 21.8. The van der Waals surface area contributed by atoms with Crippen molar-refractivity contribution in [3.63, 3.8) is 0 Å². The van der Waals surface area contributed by atoms with Gasteiger partial charge in [-0.25, -0.2) is 9.97 Å². The first-order valence-electron chi connectivity index (χ1n) is 10.5. The van der Waals surface area contributed by atoms with Crippen LogP contribution < -0.4 is 5.32 Å². The zero-order valence-electron chi connectivity index (χ0n) is 16.5. The Balaban J connectivity index is 1.43. The van der Waals surface area contributed by atoms with Crippen molar-refractivity contribution in [3.05, 3.63) is 17.5 Å². The molecule has 7 nitrogen and oxygen atoms in total. The molecule has 1 aromatic rings. The van der Waals surface area contributed by atoms with E-state index in [-0.39, 0.29) is 19.0 Å². The Morgan fingerprint density at radius 3 is 2.47 bits per heavy atom. The lowest BCUT2D eigenvalue weighted by atomic mass is 9.51. The first-order valence-corrected chi connectivity index (χ1v) is 10.5. The number of rotatable bonds is 3. The molecule has 2 unspecified atom stereocenters. The van der Waals surface area contributed by atoms with Crippen molar-refractivity contribution >= 4 is 11.9 Å². The molecule has 1 aliphatic heterocycles. The largest absolute Gasteiger partial charge is 0.434 e. The second-order valence-electron chi connectivity index (χ2n) is 9.45. The molecule has 30 heavy (non-hydrogen) atoms. The van der Waals surface area contributed by atoms with E-state index in [0.717, 1.165) is 38.3 Å². The quantitative estimate of drug-likeness (QED) is 0.772. The van der Waals surface area contributed by atoms with Gasteiger partial charge in [-0.2, -0.15) is 13.2 Å². The lowest BCUT2D eigenvalue weighted by Crippen LogP contribution is -2.62. The van der Waals surface area contributed by atoms with Crippen LogP contribution in [0.1, 0.15) is 54.6 Å². The van der Waals surface area contributed by atoms with Gasteiger partial charge in [-0.3, -0.25) is 4.79 Å². The van der Waals surface area contributed by atoms with E-state index in [4.69, 9.17) is 4.74 Å². The Morgan fingerprint density at radius 2 is 1.87 bits per heavy atom. The van der Waals surface area contributed by atoms with E-state index in [2.05, 4.69) is 15.3 Å². The maximum absolute atomic E-state index is 13.8. The Labute approximate surface area is 172 Å². The van der Waals surface area contributed by atoms with Crippen molar-refractivity contribution in [3.8, 4) is 0 Å². The van der Waals surface area contributed by atoms with Crippen molar-refractivity contribution in [2.45, 2.75) is 55.8 Å². The highest BCUT2D eigenvalue weighted by Gasteiger charge is 2.57. The van der Waals surface area contributed by atoms with Crippen LogP contribution in [0.5, 0.6) is 0 Å². The Bertz CT molecular complexity index is 842.